The molecule has 66 heavy (non-hydrogen) atoms. The lowest BCUT2D eigenvalue weighted by Crippen LogP contribution is -2.64. The normalized spacial score (nSPS) is 37.1. The first-order valence-corrected chi connectivity index (χ1v) is 24.3. The minimum absolute atomic E-state index is 0.0260. The molecule has 2 N–H and O–H groups in total. The van der Waals surface area contributed by atoms with Crippen molar-refractivity contribution in [3.8, 4) is 5.75 Å². The second-order valence-corrected chi connectivity index (χ2v) is 19.8. The summed E-state index contributed by atoms with van der Waals surface area (Å²) in [6, 6.07) is 7.09. The van der Waals surface area contributed by atoms with Crippen molar-refractivity contribution in [3.63, 3.8) is 0 Å². The number of hydrogen-bond acceptors (Lipinski definition) is 12. The molecule has 6 rings (SSSR count). The van der Waals surface area contributed by atoms with E-state index in [1.165, 1.54) is 19.1 Å². The number of aryl methyl sites for hydroxylation is 1. The summed E-state index contributed by atoms with van der Waals surface area (Å²) >= 11 is 0. The van der Waals surface area contributed by atoms with E-state index < -0.39 is 77.8 Å². The predicted molar refractivity (Wildman–Crippen MR) is 249 cm³/mol. The number of methoxy groups -OCH3 is 3. The first-order valence-electron chi connectivity index (χ1n) is 24.3. The summed E-state index contributed by atoms with van der Waals surface area (Å²) in [5.41, 5.74) is 2.59. The molecule has 14 nitrogen and oxygen atoms in total. The van der Waals surface area contributed by atoms with E-state index in [0.29, 0.717) is 37.7 Å². The molecule has 3 aliphatic heterocycles. The molecule has 14 heteroatoms. The summed E-state index contributed by atoms with van der Waals surface area (Å²) in [6.45, 7) is 11.3. The number of fused-ring (bicyclic) bond motifs is 4. The van der Waals surface area contributed by atoms with Gasteiger partial charge in [0.2, 0.25) is 5.79 Å². The minimum Gasteiger partial charge on any atom is -0.488 e. The SMILES string of the molecule is CCC1/C=C(\C)C(O)C(C)CC(OC)C2OC(O)(C(=O)C(=O)N3CCCCC3C(=O)OC(C(C)=CC3CCC(Oc4ccc5c(ccn5C)c4)C(OC)C3)C(C)CCC1=O)C(C)CC2OC. The number of benzene rings is 1. The van der Waals surface area contributed by atoms with Crippen molar-refractivity contribution in [1.82, 2.24) is 9.47 Å². The standard InChI is InChI=1S/C52H76N2O12/c1-11-36-25-31(3)46(56)32(4)26-44(62-9)48-45(63-10)27-34(6)52(60,66-48)49(57)50(58)54-22-13-12-14-40(54)51(59)65-47(30(2)15-19-41(36)55)33(5)24-35-16-20-42(43(28-35)61-8)64-38-17-18-39-37(29-38)21-23-53(39)7/h17-18,21,23-25,29-30,32,34-36,40,42-48,56,60H,11-16,19-20,22,26-28H2,1-10H3/b31-25+,33-24?. The van der Waals surface area contributed by atoms with Crippen molar-refractivity contribution < 1.29 is 57.8 Å². The molecule has 2 aromatic rings. The molecule has 0 spiro atoms. The molecule has 14 unspecified atom stereocenters. The Balaban J connectivity index is 1.29. The molecular formula is C52H76N2O12. The van der Waals surface area contributed by atoms with Gasteiger partial charge in [-0.1, -0.05) is 39.8 Å². The average Bonchev–Trinajstić information content (AvgIpc) is 3.69. The first kappa shape index (κ1) is 51.5. The lowest BCUT2D eigenvalue weighted by Gasteiger charge is -2.47. The number of aromatic nitrogens is 1. The largest absolute Gasteiger partial charge is 0.488 e. The number of nitrogens with zero attached hydrogens (tertiary/aromatic N) is 2. The van der Waals surface area contributed by atoms with Crippen LogP contribution in [0.15, 0.2) is 53.8 Å². The number of allylic oxidation sites excluding steroid dienone is 2. The molecule has 1 aromatic carbocycles. The number of Topliss-reactive ketones (excluding diaryl/α,β-unsaturated/α-hetero) is 2. The zero-order valence-corrected chi connectivity index (χ0v) is 40.9. The van der Waals surface area contributed by atoms with E-state index in [9.17, 15) is 29.4 Å². The van der Waals surface area contributed by atoms with Crippen molar-refractivity contribution in [1.29, 1.82) is 0 Å². The topological polar surface area (TPSA) is 172 Å². The van der Waals surface area contributed by atoms with Crippen molar-refractivity contribution in [2.45, 2.75) is 167 Å². The smallest absolute Gasteiger partial charge is 0.329 e. The number of carbonyl (C=O) groups is 4. The fourth-order valence-electron chi connectivity index (χ4n) is 10.9. The van der Waals surface area contributed by atoms with Gasteiger partial charge < -0.3 is 48.1 Å². The summed E-state index contributed by atoms with van der Waals surface area (Å²) in [5.74, 6) is -6.46. The zero-order chi connectivity index (χ0) is 48.0. The molecule has 366 valence electrons. The molecule has 4 heterocycles. The summed E-state index contributed by atoms with van der Waals surface area (Å²) in [5, 5.41) is 24.8. The number of ketones is 2. The Bertz CT molecular complexity index is 2080. The number of carbonyl (C=O) groups excluding carboxylic acids is 4. The molecule has 1 aliphatic carbocycles. The molecule has 1 saturated carbocycles. The van der Waals surface area contributed by atoms with Crippen LogP contribution in [0.2, 0.25) is 0 Å². The predicted octanol–water partition coefficient (Wildman–Crippen LogP) is 7.05. The molecule has 0 radical (unpaired) electrons. The number of aliphatic hydroxyl groups excluding tert-OH is 1. The van der Waals surface area contributed by atoms with Gasteiger partial charge in [0.25, 0.3) is 11.7 Å². The van der Waals surface area contributed by atoms with E-state index in [-0.39, 0.29) is 62.1 Å². The van der Waals surface area contributed by atoms with Crippen LogP contribution in [0.5, 0.6) is 5.75 Å². The minimum atomic E-state index is -2.54. The monoisotopic (exact) mass is 921 g/mol. The van der Waals surface area contributed by atoms with Gasteiger partial charge in [-0.2, -0.15) is 0 Å². The van der Waals surface area contributed by atoms with E-state index >= 15 is 0 Å². The second kappa shape index (κ2) is 22.5. The molecule has 2 bridgehead atoms. The van der Waals surface area contributed by atoms with Gasteiger partial charge in [0.05, 0.1) is 24.4 Å². The van der Waals surface area contributed by atoms with Crippen molar-refractivity contribution in [2.24, 2.45) is 36.6 Å². The van der Waals surface area contributed by atoms with Crippen LogP contribution in [0.25, 0.3) is 10.9 Å². The molecular weight excluding hydrogens is 845 g/mol. The van der Waals surface area contributed by atoms with Crippen LogP contribution in [0.3, 0.4) is 0 Å². The van der Waals surface area contributed by atoms with Gasteiger partial charge in [-0.25, -0.2) is 4.79 Å². The van der Waals surface area contributed by atoms with Crippen LogP contribution >= 0.6 is 0 Å². The van der Waals surface area contributed by atoms with Gasteiger partial charge in [-0.3, -0.25) is 14.4 Å². The maximum Gasteiger partial charge on any atom is 0.329 e. The van der Waals surface area contributed by atoms with Gasteiger partial charge in [-0.15, -0.1) is 0 Å². The van der Waals surface area contributed by atoms with Crippen LogP contribution in [0.4, 0.5) is 0 Å². The maximum absolute atomic E-state index is 14.5. The quantitative estimate of drug-likeness (QED) is 0.157. The first-order chi connectivity index (χ1) is 31.4. The van der Waals surface area contributed by atoms with Crippen LogP contribution in [0.1, 0.15) is 112 Å². The van der Waals surface area contributed by atoms with Crippen LogP contribution < -0.4 is 4.74 Å². The number of piperidine rings is 1. The number of aliphatic hydroxyl groups is 2. The third kappa shape index (κ3) is 11.3. The highest BCUT2D eigenvalue weighted by atomic mass is 16.7. The van der Waals surface area contributed by atoms with Crippen molar-refractivity contribution in [2.75, 3.05) is 27.9 Å². The molecule has 1 amide bonds. The van der Waals surface area contributed by atoms with Gasteiger partial charge in [0.1, 0.15) is 35.9 Å². The number of ether oxygens (including phenoxy) is 6. The number of esters is 1. The molecule has 3 fully saturated rings. The van der Waals surface area contributed by atoms with E-state index in [1.807, 2.05) is 60.0 Å². The molecule has 4 aliphatic rings. The van der Waals surface area contributed by atoms with Crippen LogP contribution in [-0.2, 0) is 49.9 Å². The summed E-state index contributed by atoms with van der Waals surface area (Å²) in [7, 11) is 6.71. The molecule has 2 saturated heterocycles. The van der Waals surface area contributed by atoms with E-state index in [4.69, 9.17) is 28.4 Å². The van der Waals surface area contributed by atoms with Gasteiger partial charge in [-0.05, 0) is 131 Å². The Labute approximate surface area is 391 Å². The van der Waals surface area contributed by atoms with Crippen LogP contribution in [0, 0.1) is 29.6 Å². The highest BCUT2D eigenvalue weighted by Crippen LogP contribution is 2.40. The Morgan fingerprint density at radius 2 is 1.61 bits per heavy atom. The van der Waals surface area contributed by atoms with Crippen molar-refractivity contribution in [3.05, 3.63) is 53.8 Å². The molecule has 14 atom stereocenters. The highest BCUT2D eigenvalue weighted by molar-refractivity contribution is 6.39. The number of rotatable bonds is 8. The third-order valence-corrected chi connectivity index (χ3v) is 15.2. The van der Waals surface area contributed by atoms with Crippen LogP contribution in [-0.4, -0.2) is 126 Å². The number of cyclic esters (lactones) is 1. The van der Waals surface area contributed by atoms with E-state index in [0.717, 1.165) is 35.1 Å². The fourth-order valence-corrected chi connectivity index (χ4v) is 10.9. The van der Waals surface area contributed by atoms with E-state index in [2.05, 4.69) is 28.8 Å². The Kier molecular flexibility index (Phi) is 17.5. The van der Waals surface area contributed by atoms with Gasteiger partial charge in [0.15, 0.2) is 0 Å². The Morgan fingerprint density at radius 3 is 2.30 bits per heavy atom. The van der Waals surface area contributed by atoms with Gasteiger partial charge >= 0.3 is 5.97 Å². The highest BCUT2D eigenvalue weighted by Gasteiger charge is 2.56. The zero-order valence-electron chi connectivity index (χ0n) is 40.9. The summed E-state index contributed by atoms with van der Waals surface area (Å²) < 4.78 is 39.1. The average molecular weight is 921 g/mol. The lowest BCUT2D eigenvalue weighted by atomic mass is 9.81. The third-order valence-electron chi connectivity index (χ3n) is 15.2. The number of hydrogen-bond donors (Lipinski definition) is 2. The Morgan fingerprint density at radius 1 is 0.894 bits per heavy atom. The van der Waals surface area contributed by atoms with E-state index in [1.54, 1.807) is 14.0 Å². The fraction of sp³-hybridized carbons (Fsp3) is 0.692. The Hall–Kier alpha value is -3.92. The lowest BCUT2D eigenvalue weighted by molar-refractivity contribution is -0.302. The summed E-state index contributed by atoms with van der Waals surface area (Å²) in [4.78, 5) is 58.5. The summed E-state index contributed by atoms with van der Waals surface area (Å²) in [6.07, 6.45) is 6.97. The second-order valence-electron chi connectivity index (χ2n) is 19.8. The number of amides is 1. The molecule has 1 aromatic heterocycles. The van der Waals surface area contributed by atoms with Crippen molar-refractivity contribution >= 4 is 34.3 Å². The maximum atomic E-state index is 14.5. The van der Waals surface area contributed by atoms with Gasteiger partial charge in [0, 0.05) is 70.3 Å².